The van der Waals surface area contributed by atoms with E-state index in [4.69, 9.17) is 18.2 Å². The molecule has 9 aromatic rings. The molecule has 0 fully saturated rings. The van der Waals surface area contributed by atoms with Gasteiger partial charge in [0.15, 0.2) is 0 Å². The average Bonchev–Trinajstić information content (AvgIpc) is 3.69. The Morgan fingerprint density at radius 3 is 1.98 bits per heavy atom. The van der Waals surface area contributed by atoms with Gasteiger partial charge in [0.05, 0.1) is 22.3 Å². The number of aromatic nitrogens is 3. The fourth-order valence-electron chi connectivity index (χ4n) is 8.06. The zero-order chi connectivity index (χ0) is 46.7. The standard InChI is InChI=1S/C56H48N3O.Pt/c1-35-21-23-39(24-22-35)42-25-26-57-50(33-42)44-30-43(31-45(32-44)56(5,6)7)46-19-14-20-51-53(46)58-55(49-28-36(2)27-38(4)54(49)60)59(51)52-34-47(40-15-10-8-11-16-40)37(3)29-48(52)41-17-12-9-13-18-41;/h8-29,31-34,60H,1-7H3;/q-1;/i1D3,3D3;. The summed E-state index contributed by atoms with van der Waals surface area (Å²) in [5.41, 5.74) is 13.3. The van der Waals surface area contributed by atoms with E-state index in [1.54, 1.807) is 24.4 Å². The van der Waals surface area contributed by atoms with Gasteiger partial charge in [0.1, 0.15) is 11.6 Å². The Hall–Kier alpha value is -6.35. The number of benzene rings is 7. The maximum absolute atomic E-state index is 11.9. The van der Waals surface area contributed by atoms with Gasteiger partial charge in [0.2, 0.25) is 0 Å². The summed E-state index contributed by atoms with van der Waals surface area (Å²) in [6.45, 7) is 5.74. The monoisotopic (exact) mass is 979 g/mol. The summed E-state index contributed by atoms with van der Waals surface area (Å²) >= 11 is 0. The largest absolute Gasteiger partial charge is 0.507 e. The second-order valence-electron chi connectivity index (χ2n) is 16.5. The minimum absolute atomic E-state index is 0. The van der Waals surface area contributed by atoms with Crippen LogP contribution in [-0.2, 0) is 26.5 Å². The number of phenolic OH excluding ortho intramolecular Hbond substituents is 1. The summed E-state index contributed by atoms with van der Waals surface area (Å²) in [5, 5.41) is 11.9. The molecule has 304 valence electrons. The van der Waals surface area contributed by atoms with Gasteiger partial charge in [-0.2, -0.15) is 0 Å². The Bertz CT molecular complexity index is 3280. The van der Waals surface area contributed by atoms with Gasteiger partial charge in [-0.15, -0.1) is 29.3 Å². The van der Waals surface area contributed by atoms with Crippen molar-refractivity contribution in [1.82, 2.24) is 14.5 Å². The maximum atomic E-state index is 11.9. The quantitative estimate of drug-likeness (QED) is 0.162. The maximum Gasteiger partial charge on any atom is 0.148 e. The molecule has 0 aliphatic rings. The molecule has 7 aromatic carbocycles. The summed E-state index contributed by atoms with van der Waals surface area (Å²) in [6, 6.07) is 51.9. The zero-order valence-corrected chi connectivity index (χ0v) is 36.9. The van der Waals surface area contributed by atoms with Gasteiger partial charge in [-0.3, -0.25) is 9.55 Å². The Kier molecular flexibility index (Phi) is 9.35. The summed E-state index contributed by atoms with van der Waals surface area (Å²) in [5.74, 6) is 0.593. The van der Waals surface area contributed by atoms with Crippen LogP contribution in [0.2, 0.25) is 0 Å². The number of imidazole rings is 1. The molecule has 0 radical (unpaired) electrons. The molecular formula is C56H48N3OPt-. The first kappa shape index (κ1) is 34.4. The van der Waals surface area contributed by atoms with Gasteiger partial charge in [0.25, 0.3) is 0 Å². The van der Waals surface area contributed by atoms with Crippen LogP contribution in [0.4, 0.5) is 0 Å². The number of hydrogen-bond acceptors (Lipinski definition) is 3. The second kappa shape index (κ2) is 16.6. The summed E-state index contributed by atoms with van der Waals surface area (Å²) in [4.78, 5) is 10.3. The zero-order valence-electron chi connectivity index (χ0n) is 40.6. The first-order valence-electron chi connectivity index (χ1n) is 23.1. The number of para-hydroxylation sites is 1. The Morgan fingerprint density at radius 2 is 1.30 bits per heavy atom. The summed E-state index contributed by atoms with van der Waals surface area (Å²) in [6.07, 6.45) is 1.76. The molecule has 5 heteroatoms. The van der Waals surface area contributed by atoms with Crippen LogP contribution in [0.3, 0.4) is 0 Å². The van der Waals surface area contributed by atoms with Crippen LogP contribution in [-0.4, -0.2) is 19.6 Å². The van der Waals surface area contributed by atoms with Crippen LogP contribution in [0, 0.1) is 33.6 Å². The number of aromatic hydroxyl groups is 1. The topological polar surface area (TPSA) is 50.9 Å². The second-order valence-corrected chi connectivity index (χ2v) is 16.5. The fraction of sp³-hybridized carbons (Fsp3) is 0.143. The van der Waals surface area contributed by atoms with Crippen LogP contribution >= 0.6 is 0 Å². The number of phenols is 1. The third-order valence-corrected chi connectivity index (χ3v) is 11.2. The van der Waals surface area contributed by atoms with Crippen molar-refractivity contribution < 1.29 is 34.4 Å². The Balaban J connectivity index is 0.00000608. The van der Waals surface area contributed by atoms with Crippen LogP contribution in [0.25, 0.3) is 83.9 Å². The van der Waals surface area contributed by atoms with Crippen molar-refractivity contribution in [2.45, 2.75) is 53.7 Å². The number of pyridine rings is 1. The number of nitrogens with zero attached hydrogens (tertiary/aromatic N) is 3. The molecule has 0 unspecified atom stereocenters. The average molecular weight is 980 g/mol. The fourth-order valence-corrected chi connectivity index (χ4v) is 8.06. The van der Waals surface area contributed by atoms with Crippen molar-refractivity contribution in [3.8, 4) is 78.6 Å². The van der Waals surface area contributed by atoms with Crippen molar-refractivity contribution in [1.29, 1.82) is 0 Å². The van der Waals surface area contributed by atoms with E-state index in [9.17, 15) is 5.11 Å². The summed E-state index contributed by atoms with van der Waals surface area (Å²) in [7, 11) is 0. The molecule has 0 aliphatic heterocycles. The minimum Gasteiger partial charge on any atom is -0.507 e. The molecule has 0 aliphatic carbocycles. The van der Waals surface area contributed by atoms with E-state index >= 15 is 0 Å². The SMILES string of the molecule is [2H]C([2H])([2H])c1ccc(-c2ccnc(-c3[c-]c(-c4cccc5c4nc(-c4cc(C)cc(C)c4O)n5-c4cc(-c5ccccc5)c(C([2H])([2H])[2H])cc4-c4ccccc4)cc(C(C)(C)C)c3)c2)cc1.[Pt]. The molecule has 0 atom stereocenters. The van der Waals surface area contributed by atoms with Gasteiger partial charge in [-0.1, -0.05) is 147 Å². The smallest absolute Gasteiger partial charge is 0.148 e. The third-order valence-electron chi connectivity index (χ3n) is 11.2. The minimum atomic E-state index is -2.43. The number of aryl methyl sites for hydroxylation is 4. The molecule has 9 rings (SSSR count). The molecule has 2 aromatic heterocycles. The van der Waals surface area contributed by atoms with Crippen LogP contribution in [0.1, 0.15) is 56.8 Å². The number of hydrogen-bond donors (Lipinski definition) is 1. The summed E-state index contributed by atoms with van der Waals surface area (Å²) < 4.78 is 51.8. The van der Waals surface area contributed by atoms with Gasteiger partial charge in [-0.25, -0.2) is 4.98 Å². The van der Waals surface area contributed by atoms with Crippen molar-refractivity contribution >= 4 is 11.0 Å². The van der Waals surface area contributed by atoms with Crippen molar-refractivity contribution in [3.63, 3.8) is 0 Å². The van der Waals surface area contributed by atoms with E-state index < -0.39 is 13.7 Å². The predicted octanol–water partition coefficient (Wildman–Crippen LogP) is 14.5. The third kappa shape index (κ3) is 8.01. The van der Waals surface area contributed by atoms with Crippen molar-refractivity contribution in [3.05, 3.63) is 192 Å². The number of rotatable bonds is 7. The Morgan fingerprint density at radius 1 is 0.590 bits per heavy atom. The van der Waals surface area contributed by atoms with E-state index in [-0.39, 0.29) is 43.4 Å². The van der Waals surface area contributed by atoms with Gasteiger partial charge >= 0.3 is 0 Å². The van der Waals surface area contributed by atoms with E-state index in [1.807, 2.05) is 135 Å². The van der Waals surface area contributed by atoms with Gasteiger partial charge in [-0.05, 0) is 108 Å². The molecule has 0 bridgehead atoms. The van der Waals surface area contributed by atoms with E-state index in [0.29, 0.717) is 45.0 Å². The molecule has 4 nitrogen and oxygen atoms in total. The van der Waals surface area contributed by atoms with Crippen LogP contribution in [0.5, 0.6) is 5.75 Å². The molecule has 0 spiro atoms. The number of fused-ring (bicyclic) bond motifs is 1. The van der Waals surface area contributed by atoms with Gasteiger partial charge < -0.3 is 5.11 Å². The van der Waals surface area contributed by atoms with Crippen molar-refractivity contribution in [2.24, 2.45) is 0 Å². The molecule has 1 N–H and O–H groups in total. The van der Waals surface area contributed by atoms with Crippen LogP contribution in [0.15, 0.2) is 158 Å². The van der Waals surface area contributed by atoms with Gasteiger partial charge in [0, 0.05) is 46.7 Å². The first-order valence-corrected chi connectivity index (χ1v) is 20.1. The van der Waals surface area contributed by atoms with E-state index in [0.717, 1.165) is 55.6 Å². The molecule has 2 heterocycles. The molecule has 61 heavy (non-hydrogen) atoms. The molecule has 0 saturated heterocycles. The van der Waals surface area contributed by atoms with Crippen LogP contribution < -0.4 is 0 Å². The molecule has 0 amide bonds. The Labute approximate surface area is 382 Å². The molecule has 0 saturated carbocycles. The first-order chi connectivity index (χ1) is 31.3. The molecular weight excluding hydrogens is 926 g/mol. The predicted molar refractivity (Wildman–Crippen MR) is 250 cm³/mol. The van der Waals surface area contributed by atoms with E-state index in [2.05, 4.69) is 43.5 Å². The van der Waals surface area contributed by atoms with E-state index in [1.165, 1.54) is 0 Å². The van der Waals surface area contributed by atoms with Crippen molar-refractivity contribution in [2.75, 3.05) is 0 Å². The normalized spacial score (nSPS) is 13.3.